The summed E-state index contributed by atoms with van der Waals surface area (Å²) in [6.45, 7) is 0.243. The minimum Gasteiger partial charge on any atom is -0.762 e. The Bertz CT molecular complexity index is 394. The average molecular weight is 319 g/mol. The molecule has 0 atom stereocenters. The monoisotopic (exact) mass is 319 g/mol. The van der Waals surface area contributed by atoms with Gasteiger partial charge in [0.05, 0.1) is 0 Å². The third kappa shape index (κ3) is 13.0. The van der Waals surface area contributed by atoms with Crippen LogP contribution in [0.5, 0.6) is 0 Å². The first-order chi connectivity index (χ1) is 11.3. The molecule has 23 heavy (non-hydrogen) atoms. The SMILES string of the molecule is [O-]N(O)CCCCCCCCCCC=CCCc1cccnc1. The van der Waals surface area contributed by atoms with Crippen molar-refractivity contribution in [3.05, 3.63) is 47.4 Å². The fourth-order valence-corrected chi connectivity index (χ4v) is 2.60. The molecule has 0 aliphatic rings. The second kappa shape index (κ2) is 14.4. The Morgan fingerprint density at radius 1 is 0.957 bits per heavy atom. The van der Waals surface area contributed by atoms with Crippen LogP contribution in [0, 0.1) is 5.21 Å². The predicted molar refractivity (Wildman–Crippen MR) is 95.1 cm³/mol. The van der Waals surface area contributed by atoms with Crippen molar-refractivity contribution in [3.63, 3.8) is 0 Å². The number of nitrogens with zero attached hydrogens (tertiary/aromatic N) is 2. The molecule has 0 amide bonds. The molecule has 0 aliphatic carbocycles. The summed E-state index contributed by atoms with van der Waals surface area (Å²) in [6.07, 6.45) is 21.1. The molecule has 0 fully saturated rings. The molecule has 1 rings (SSSR count). The molecule has 0 saturated carbocycles. The molecule has 4 heteroatoms. The van der Waals surface area contributed by atoms with E-state index in [1.165, 1.54) is 50.5 Å². The van der Waals surface area contributed by atoms with Crippen LogP contribution in [-0.2, 0) is 6.42 Å². The van der Waals surface area contributed by atoms with E-state index in [2.05, 4.69) is 23.2 Å². The summed E-state index contributed by atoms with van der Waals surface area (Å²) in [5.74, 6) is 0. The number of pyridine rings is 1. The van der Waals surface area contributed by atoms with E-state index in [9.17, 15) is 5.21 Å². The van der Waals surface area contributed by atoms with Crippen LogP contribution in [0.3, 0.4) is 0 Å². The van der Waals surface area contributed by atoms with Crippen molar-refractivity contribution in [2.75, 3.05) is 6.54 Å². The number of aryl methyl sites for hydroxylation is 1. The zero-order valence-electron chi connectivity index (χ0n) is 14.2. The Hall–Kier alpha value is -1.23. The van der Waals surface area contributed by atoms with Crippen molar-refractivity contribution in [2.45, 2.75) is 70.6 Å². The highest BCUT2D eigenvalue weighted by molar-refractivity contribution is 5.09. The maximum Gasteiger partial charge on any atom is 0.0299 e. The lowest BCUT2D eigenvalue weighted by atomic mass is 10.1. The van der Waals surface area contributed by atoms with Crippen molar-refractivity contribution in [2.24, 2.45) is 0 Å². The Morgan fingerprint density at radius 3 is 2.26 bits per heavy atom. The summed E-state index contributed by atoms with van der Waals surface area (Å²) in [5.41, 5.74) is 1.30. The average Bonchev–Trinajstić information content (AvgIpc) is 2.56. The normalized spacial score (nSPS) is 11.6. The van der Waals surface area contributed by atoms with Gasteiger partial charge in [-0.15, -0.1) is 0 Å². The second-order valence-corrected chi connectivity index (χ2v) is 6.06. The molecule has 1 N–H and O–H groups in total. The van der Waals surface area contributed by atoms with Crippen LogP contribution >= 0.6 is 0 Å². The van der Waals surface area contributed by atoms with Crippen molar-refractivity contribution in [1.82, 2.24) is 10.2 Å². The highest BCUT2D eigenvalue weighted by Crippen LogP contribution is 2.10. The van der Waals surface area contributed by atoms with Crippen LogP contribution < -0.4 is 0 Å². The van der Waals surface area contributed by atoms with Gasteiger partial charge in [0.1, 0.15) is 0 Å². The number of hydrogen-bond acceptors (Lipinski definition) is 4. The van der Waals surface area contributed by atoms with Gasteiger partial charge in [0, 0.05) is 18.9 Å². The molecule has 1 heterocycles. The van der Waals surface area contributed by atoms with E-state index in [1.54, 1.807) is 0 Å². The number of allylic oxidation sites excluding steroid dienone is 2. The topological polar surface area (TPSA) is 59.4 Å². The second-order valence-electron chi connectivity index (χ2n) is 6.06. The van der Waals surface area contributed by atoms with E-state index in [1.807, 2.05) is 18.5 Å². The molecular formula is C19H31N2O2-. The number of hydrogen-bond donors (Lipinski definition) is 1. The quantitative estimate of drug-likeness (QED) is 0.288. The third-order valence-electron chi connectivity index (χ3n) is 3.96. The van der Waals surface area contributed by atoms with Crippen LogP contribution in [0.15, 0.2) is 36.7 Å². The summed E-state index contributed by atoms with van der Waals surface area (Å²) in [7, 11) is 0. The Kier molecular flexibility index (Phi) is 12.4. The number of unbranched alkanes of at least 4 members (excludes halogenated alkanes) is 8. The molecule has 1 aromatic heterocycles. The summed E-state index contributed by atoms with van der Waals surface area (Å²) in [6, 6.07) is 4.12. The van der Waals surface area contributed by atoms with Crippen LogP contribution in [-0.4, -0.2) is 22.0 Å². The molecule has 0 bridgehead atoms. The standard InChI is InChI=1S/C19H31N2O2/c22-21(23)17-12-10-8-6-4-2-1-3-5-7-9-11-14-19-15-13-16-20-18-19/h7,9,13,15-16,18,22H,1-6,8,10-12,14,17H2/q-1. The van der Waals surface area contributed by atoms with Gasteiger partial charge in [-0.2, -0.15) is 0 Å². The smallest absolute Gasteiger partial charge is 0.0299 e. The lowest BCUT2D eigenvalue weighted by Crippen LogP contribution is -2.11. The fraction of sp³-hybridized carbons (Fsp3) is 0.632. The molecule has 0 aliphatic heterocycles. The Balaban J connectivity index is 1.80. The predicted octanol–water partition coefficient (Wildman–Crippen LogP) is 5.27. The van der Waals surface area contributed by atoms with E-state index < -0.39 is 0 Å². The first-order valence-electron chi connectivity index (χ1n) is 8.96. The van der Waals surface area contributed by atoms with Gasteiger partial charge in [-0.1, -0.05) is 56.7 Å². The zero-order chi connectivity index (χ0) is 16.6. The number of aromatic nitrogens is 1. The minimum atomic E-state index is 0.0320. The zero-order valence-corrected chi connectivity index (χ0v) is 14.2. The van der Waals surface area contributed by atoms with Gasteiger partial charge in [0.15, 0.2) is 0 Å². The van der Waals surface area contributed by atoms with E-state index in [4.69, 9.17) is 5.21 Å². The van der Waals surface area contributed by atoms with Crippen LogP contribution in [0.1, 0.15) is 69.8 Å². The van der Waals surface area contributed by atoms with Gasteiger partial charge in [-0.3, -0.25) is 10.2 Å². The highest BCUT2D eigenvalue weighted by Gasteiger charge is 1.93. The fourth-order valence-electron chi connectivity index (χ4n) is 2.60. The largest absolute Gasteiger partial charge is 0.762 e. The highest BCUT2D eigenvalue weighted by atomic mass is 16.8. The van der Waals surface area contributed by atoms with Gasteiger partial charge >= 0.3 is 0 Å². The minimum absolute atomic E-state index is 0.0320. The van der Waals surface area contributed by atoms with E-state index in [0.29, 0.717) is 0 Å². The van der Waals surface area contributed by atoms with Crippen molar-refractivity contribution < 1.29 is 5.21 Å². The van der Waals surface area contributed by atoms with Gasteiger partial charge in [-0.25, -0.2) is 0 Å². The molecule has 0 saturated heterocycles. The molecular weight excluding hydrogens is 288 g/mol. The van der Waals surface area contributed by atoms with Gasteiger partial charge < -0.3 is 10.4 Å². The van der Waals surface area contributed by atoms with E-state index in [0.717, 1.165) is 25.7 Å². The first kappa shape index (κ1) is 19.8. The van der Waals surface area contributed by atoms with Crippen LogP contribution in [0.4, 0.5) is 0 Å². The molecule has 1 aromatic rings. The lowest BCUT2D eigenvalue weighted by molar-refractivity contribution is -0.0414. The van der Waals surface area contributed by atoms with Crippen LogP contribution in [0.25, 0.3) is 0 Å². The molecule has 4 nitrogen and oxygen atoms in total. The maximum absolute atomic E-state index is 10.3. The summed E-state index contributed by atoms with van der Waals surface area (Å²) >= 11 is 0. The molecule has 0 spiro atoms. The Morgan fingerprint density at radius 2 is 1.61 bits per heavy atom. The number of rotatable bonds is 14. The summed E-state index contributed by atoms with van der Waals surface area (Å²) < 4.78 is 0. The van der Waals surface area contributed by atoms with E-state index in [-0.39, 0.29) is 11.8 Å². The first-order valence-corrected chi connectivity index (χ1v) is 8.96. The molecule has 0 unspecified atom stereocenters. The van der Waals surface area contributed by atoms with Crippen molar-refractivity contribution in [3.8, 4) is 0 Å². The van der Waals surface area contributed by atoms with Gasteiger partial charge in [0.2, 0.25) is 0 Å². The number of hydroxylamine groups is 2. The van der Waals surface area contributed by atoms with Gasteiger partial charge in [0.25, 0.3) is 0 Å². The third-order valence-corrected chi connectivity index (χ3v) is 3.96. The van der Waals surface area contributed by atoms with Crippen LogP contribution in [0.2, 0.25) is 0 Å². The lowest BCUT2D eigenvalue weighted by Gasteiger charge is -2.18. The van der Waals surface area contributed by atoms with Crippen molar-refractivity contribution >= 4 is 0 Å². The molecule has 0 radical (unpaired) electrons. The summed E-state index contributed by atoms with van der Waals surface area (Å²) in [4.78, 5) is 4.12. The molecule has 130 valence electrons. The van der Waals surface area contributed by atoms with Gasteiger partial charge in [-0.05, 0) is 43.7 Å². The summed E-state index contributed by atoms with van der Waals surface area (Å²) in [5, 5.41) is 18.8. The molecule has 0 aromatic carbocycles. The van der Waals surface area contributed by atoms with E-state index >= 15 is 0 Å². The Labute approximate surface area is 140 Å². The van der Waals surface area contributed by atoms with Crippen molar-refractivity contribution in [1.29, 1.82) is 0 Å². The maximum atomic E-state index is 10.3.